The molecule has 246 valence electrons. The molecule has 1 heteroatoms. The summed E-state index contributed by atoms with van der Waals surface area (Å²) in [6, 6.07) is 70.6. The Labute approximate surface area is 307 Å². The van der Waals surface area contributed by atoms with Gasteiger partial charge in [-0.2, -0.15) is 0 Å². The topological polar surface area (TPSA) is 13.1 Å². The lowest BCUT2D eigenvalue weighted by atomic mass is 9.85. The van der Waals surface area contributed by atoms with E-state index in [0.29, 0.717) is 0 Å². The predicted molar refractivity (Wildman–Crippen MR) is 225 cm³/mol. The lowest BCUT2D eigenvalue weighted by molar-refractivity contribution is 0.669. The van der Waals surface area contributed by atoms with Crippen molar-refractivity contribution in [2.24, 2.45) is 0 Å². The third-order valence-electron chi connectivity index (χ3n) is 11.0. The molecule has 1 aromatic heterocycles. The predicted octanol–water partition coefficient (Wildman–Crippen LogP) is 14.9. The van der Waals surface area contributed by atoms with Crippen molar-refractivity contribution < 1.29 is 4.42 Å². The van der Waals surface area contributed by atoms with Crippen molar-refractivity contribution in [1.29, 1.82) is 0 Å². The molecule has 1 heterocycles. The Balaban J connectivity index is 1.04. The highest BCUT2D eigenvalue weighted by molar-refractivity contribution is 6.21. The molecule has 11 rings (SSSR count). The zero-order valence-corrected chi connectivity index (χ0v) is 28.9. The summed E-state index contributed by atoms with van der Waals surface area (Å²) >= 11 is 0. The van der Waals surface area contributed by atoms with E-state index >= 15 is 0 Å². The second-order valence-corrected chi connectivity index (χ2v) is 14.0. The quantitative estimate of drug-likeness (QED) is 0.170. The van der Waals surface area contributed by atoms with Crippen molar-refractivity contribution >= 4 is 65.0 Å². The lowest BCUT2D eigenvalue weighted by Crippen LogP contribution is -1.91. The molecule has 0 saturated heterocycles. The van der Waals surface area contributed by atoms with E-state index in [1.165, 1.54) is 87.6 Å². The van der Waals surface area contributed by atoms with Gasteiger partial charge in [-0.05, 0) is 118 Å². The van der Waals surface area contributed by atoms with Crippen molar-refractivity contribution in [3.63, 3.8) is 0 Å². The van der Waals surface area contributed by atoms with Crippen LogP contribution in [0.2, 0.25) is 0 Å². The van der Waals surface area contributed by atoms with Crippen molar-refractivity contribution in [2.75, 3.05) is 0 Å². The molecule has 0 aliphatic heterocycles. The van der Waals surface area contributed by atoms with E-state index in [4.69, 9.17) is 4.42 Å². The van der Waals surface area contributed by atoms with Gasteiger partial charge in [0.15, 0.2) is 0 Å². The second kappa shape index (κ2) is 11.8. The Kier molecular flexibility index (Phi) is 6.62. The van der Waals surface area contributed by atoms with Crippen LogP contribution in [0, 0.1) is 0 Å². The average molecular weight is 673 g/mol. The summed E-state index contributed by atoms with van der Waals surface area (Å²) in [5, 5.41) is 12.2. The second-order valence-electron chi connectivity index (χ2n) is 14.0. The molecular weight excluding hydrogens is 641 g/mol. The Bertz CT molecular complexity index is 3150. The van der Waals surface area contributed by atoms with E-state index in [-0.39, 0.29) is 0 Å². The highest BCUT2D eigenvalue weighted by Gasteiger charge is 2.18. The zero-order valence-electron chi connectivity index (χ0n) is 28.9. The highest BCUT2D eigenvalue weighted by atomic mass is 16.3. The van der Waals surface area contributed by atoms with E-state index in [1.807, 2.05) is 0 Å². The minimum absolute atomic E-state index is 0.913. The number of hydrogen-bond acceptors (Lipinski definition) is 1. The lowest BCUT2D eigenvalue weighted by Gasteiger charge is -2.18. The van der Waals surface area contributed by atoms with E-state index in [1.54, 1.807) is 0 Å². The summed E-state index contributed by atoms with van der Waals surface area (Å²) in [7, 11) is 0. The van der Waals surface area contributed by atoms with Gasteiger partial charge in [0.05, 0.1) is 0 Å². The van der Waals surface area contributed by atoms with Crippen LogP contribution in [0.25, 0.3) is 110 Å². The maximum Gasteiger partial charge on any atom is 0.136 e. The maximum absolute atomic E-state index is 6.30. The van der Waals surface area contributed by atoms with Crippen LogP contribution in [0.5, 0.6) is 0 Å². The van der Waals surface area contributed by atoms with E-state index in [2.05, 4.69) is 194 Å². The number of rotatable bonds is 4. The molecule has 0 spiro atoms. The molecule has 0 unspecified atom stereocenters. The number of benzene rings is 10. The molecule has 0 aliphatic rings. The minimum atomic E-state index is 0.913. The first kappa shape index (κ1) is 29.7. The van der Waals surface area contributed by atoms with Crippen LogP contribution in [0.15, 0.2) is 199 Å². The van der Waals surface area contributed by atoms with Crippen LogP contribution in [-0.4, -0.2) is 0 Å². The van der Waals surface area contributed by atoms with Crippen molar-refractivity contribution in [3.05, 3.63) is 194 Å². The average Bonchev–Trinajstić information content (AvgIpc) is 3.58. The van der Waals surface area contributed by atoms with Gasteiger partial charge in [0.25, 0.3) is 0 Å². The van der Waals surface area contributed by atoms with Gasteiger partial charge >= 0.3 is 0 Å². The monoisotopic (exact) mass is 672 g/mol. The van der Waals surface area contributed by atoms with E-state index in [9.17, 15) is 0 Å². The fraction of sp³-hybridized carbons (Fsp3) is 0. The van der Waals surface area contributed by atoms with Crippen LogP contribution in [-0.2, 0) is 0 Å². The van der Waals surface area contributed by atoms with Gasteiger partial charge in [-0.3, -0.25) is 0 Å². The summed E-state index contributed by atoms with van der Waals surface area (Å²) in [5.74, 6) is 0. The summed E-state index contributed by atoms with van der Waals surface area (Å²) < 4.78 is 6.30. The van der Waals surface area contributed by atoms with Gasteiger partial charge in [-0.15, -0.1) is 0 Å². The first-order valence-corrected chi connectivity index (χ1v) is 18.2. The molecule has 1 nitrogen and oxygen atoms in total. The van der Waals surface area contributed by atoms with Gasteiger partial charge in [0.1, 0.15) is 11.2 Å². The van der Waals surface area contributed by atoms with Crippen LogP contribution in [0.4, 0.5) is 0 Å². The summed E-state index contributed by atoms with van der Waals surface area (Å²) in [6.07, 6.45) is 0. The molecule has 0 N–H and O–H groups in total. The summed E-state index contributed by atoms with van der Waals surface area (Å²) in [4.78, 5) is 0. The van der Waals surface area contributed by atoms with Crippen molar-refractivity contribution in [2.45, 2.75) is 0 Å². The molecule has 0 fully saturated rings. The standard InChI is InChI=1S/C52H32O/c1-2-13-37-32-50-48(30-36(37)12-1)47-31-38(27-28-49(47)53-50)33-23-25-35(26-24-33)51-43-18-5-7-20-45(43)52(46-21-8-6-19-44(46)51)40-16-9-15-39(29-40)42-22-10-14-34-11-3-4-17-41(34)42/h1-32H. The zero-order chi connectivity index (χ0) is 34.9. The third kappa shape index (κ3) is 4.79. The number of furan rings is 1. The maximum atomic E-state index is 6.30. The molecule has 0 bridgehead atoms. The van der Waals surface area contributed by atoms with Crippen molar-refractivity contribution in [3.8, 4) is 44.5 Å². The fourth-order valence-electron chi connectivity index (χ4n) is 8.54. The fourth-order valence-corrected chi connectivity index (χ4v) is 8.54. The van der Waals surface area contributed by atoms with E-state index in [0.717, 1.165) is 21.9 Å². The largest absolute Gasteiger partial charge is 0.456 e. The van der Waals surface area contributed by atoms with Gasteiger partial charge in [0.2, 0.25) is 0 Å². The van der Waals surface area contributed by atoms with Gasteiger partial charge in [-0.25, -0.2) is 0 Å². The van der Waals surface area contributed by atoms with Crippen LogP contribution < -0.4 is 0 Å². The van der Waals surface area contributed by atoms with Gasteiger partial charge < -0.3 is 4.42 Å². The molecule has 0 radical (unpaired) electrons. The molecule has 0 amide bonds. The normalized spacial score (nSPS) is 11.8. The third-order valence-corrected chi connectivity index (χ3v) is 11.0. The Morgan fingerprint density at radius 2 is 0.755 bits per heavy atom. The number of fused-ring (bicyclic) bond motifs is 7. The Morgan fingerprint density at radius 3 is 1.47 bits per heavy atom. The summed E-state index contributed by atoms with van der Waals surface area (Å²) in [6.45, 7) is 0. The molecule has 10 aromatic carbocycles. The van der Waals surface area contributed by atoms with E-state index < -0.39 is 0 Å². The summed E-state index contributed by atoms with van der Waals surface area (Å²) in [5.41, 5.74) is 11.6. The SMILES string of the molecule is c1cc(-c2cccc3ccccc23)cc(-c2c3ccccc3c(-c3ccc(-c4ccc5oc6cc7ccccc7cc6c5c4)cc3)c3ccccc23)c1. The van der Waals surface area contributed by atoms with Crippen LogP contribution in [0.1, 0.15) is 0 Å². The smallest absolute Gasteiger partial charge is 0.136 e. The Hall–Kier alpha value is -6.96. The van der Waals surface area contributed by atoms with Crippen LogP contribution in [0.3, 0.4) is 0 Å². The first-order chi connectivity index (χ1) is 26.3. The van der Waals surface area contributed by atoms with Gasteiger partial charge in [0, 0.05) is 10.8 Å². The molecule has 53 heavy (non-hydrogen) atoms. The minimum Gasteiger partial charge on any atom is -0.456 e. The molecule has 0 saturated carbocycles. The first-order valence-electron chi connectivity index (χ1n) is 18.2. The molecule has 0 atom stereocenters. The van der Waals surface area contributed by atoms with Crippen molar-refractivity contribution in [1.82, 2.24) is 0 Å². The van der Waals surface area contributed by atoms with Gasteiger partial charge in [-0.1, -0.05) is 164 Å². The molecular formula is C52H32O. The molecule has 11 aromatic rings. The Morgan fingerprint density at radius 1 is 0.245 bits per heavy atom. The van der Waals surface area contributed by atoms with Crippen LogP contribution >= 0.6 is 0 Å². The highest BCUT2D eigenvalue weighted by Crippen LogP contribution is 2.45. The molecule has 0 aliphatic carbocycles. The number of hydrogen-bond donors (Lipinski definition) is 0.